The zero-order valence-corrected chi connectivity index (χ0v) is 8.57. The van der Waals surface area contributed by atoms with Crippen molar-refractivity contribution in [2.75, 3.05) is 0 Å². The molecule has 0 aromatic rings. The van der Waals surface area contributed by atoms with E-state index in [0.29, 0.717) is 0 Å². The highest BCUT2D eigenvalue weighted by Gasteiger charge is 2.56. The first-order valence-electron chi connectivity index (χ1n) is 4.91. The van der Waals surface area contributed by atoms with Crippen LogP contribution in [0.25, 0.3) is 0 Å². The molecule has 15 heavy (non-hydrogen) atoms. The van der Waals surface area contributed by atoms with E-state index in [1.54, 1.807) is 13.8 Å². The van der Waals surface area contributed by atoms with Gasteiger partial charge in [-0.15, -0.1) is 0 Å². The average Bonchev–Trinajstić information content (AvgIpc) is 2.48. The van der Waals surface area contributed by atoms with E-state index < -0.39 is 42.4 Å². The molecule has 6 atom stereocenters. The lowest BCUT2D eigenvalue weighted by atomic mass is 9.85. The van der Waals surface area contributed by atoms with Gasteiger partial charge in [-0.1, -0.05) is 0 Å². The van der Waals surface area contributed by atoms with Crippen molar-refractivity contribution in [3.05, 3.63) is 0 Å². The fourth-order valence-electron chi connectivity index (χ4n) is 2.14. The quantitative estimate of drug-likeness (QED) is 0.375. The molecular formula is C9H16O6. The second-order valence-electron chi connectivity index (χ2n) is 4.53. The third-order valence-electron chi connectivity index (χ3n) is 2.89. The SMILES string of the molecule is CC1(C)O[C@@H]2[C@@H](O)[C@@H](O)[C@@H](O)[C@H](O)[C@@H]2O1. The summed E-state index contributed by atoms with van der Waals surface area (Å²) in [7, 11) is 0. The molecule has 0 bridgehead atoms. The molecule has 0 aromatic heterocycles. The molecule has 88 valence electrons. The van der Waals surface area contributed by atoms with E-state index in [1.165, 1.54) is 0 Å². The van der Waals surface area contributed by atoms with Gasteiger partial charge in [-0.25, -0.2) is 0 Å². The Balaban J connectivity index is 2.23. The van der Waals surface area contributed by atoms with Crippen LogP contribution in [-0.4, -0.2) is 62.8 Å². The van der Waals surface area contributed by atoms with Crippen LogP contribution in [0.5, 0.6) is 0 Å². The molecular weight excluding hydrogens is 204 g/mol. The summed E-state index contributed by atoms with van der Waals surface area (Å²) in [6.07, 6.45) is -6.97. The number of aliphatic hydroxyl groups excluding tert-OH is 4. The lowest BCUT2D eigenvalue weighted by Crippen LogP contribution is -2.62. The number of aliphatic hydroxyl groups is 4. The van der Waals surface area contributed by atoms with E-state index >= 15 is 0 Å². The molecule has 0 unspecified atom stereocenters. The molecule has 0 radical (unpaired) electrons. The Hall–Kier alpha value is -0.240. The van der Waals surface area contributed by atoms with Crippen LogP contribution in [0.2, 0.25) is 0 Å². The molecule has 1 saturated heterocycles. The highest BCUT2D eigenvalue weighted by Crippen LogP contribution is 2.37. The lowest BCUT2D eigenvalue weighted by molar-refractivity contribution is -0.192. The van der Waals surface area contributed by atoms with Crippen molar-refractivity contribution in [2.24, 2.45) is 0 Å². The molecule has 1 saturated carbocycles. The van der Waals surface area contributed by atoms with E-state index in [4.69, 9.17) is 9.47 Å². The maximum absolute atomic E-state index is 9.64. The van der Waals surface area contributed by atoms with Gasteiger partial charge in [0.2, 0.25) is 0 Å². The summed E-state index contributed by atoms with van der Waals surface area (Å²) in [6.45, 7) is 3.28. The van der Waals surface area contributed by atoms with Gasteiger partial charge < -0.3 is 29.9 Å². The van der Waals surface area contributed by atoms with Crippen LogP contribution < -0.4 is 0 Å². The zero-order chi connectivity index (χ0) is 11.4. The molecule has 1 aliphatic carbocycles. The van der Waals surface area contributed by atoms with Gasteiger partial charge >= 0.3 is 0 Å². The lowest BCUT2D eigenvalue weighted by Gasteiger charge is -2.38. The normalized spacial score (nSPS) is 54.0. The smallest absolute Gasteiger partial charge is 0.164 e. The van der Waals surface area contributed by atoms with Crippen LogP contribution in [0.3, 0.4) is 0 Å². The summed E-state index contributed by atoms with van der Waals surface area (Å²) < 4.78 is 10.7. The van der Waals surface area contributed by atoms with Gasteiger partial charge in [0.15, 0.2) is 5.79 Å². The third-order valence-corrected chi connectivity index (χ3v) is 2.89. The van der Waals surface area contributed by atoms with Gasteiger partial charge in [-0.3, -0.25) is 0 Å². The van der Waals surface area contributed by atoms with Crippen molar-refractivity contribution in [1.82, 2.24) is 0 Å². The fraction of sp³-hybridized carbons (Fsp3) is 1.00. The minimum atomic E-state index is -1.42. The Bertz CT molecular complexity index is 231. The maximum Gasteiger partial charge on any atom is 0.164 e. The molecule has 2 rings (SSSR count). The van der Waals surface area contributed by atoms with Crippen molar-refractivity contribution in [1.29, 1.82) is 0 Å². The van der Waals surface area contributed by atoms with E-state index in [-0.39, 0.29) is 0 Å². The molecule has 2 fully saturated rings. The second kappa shape index (κ2) is 3.38. The summed E-state index contributed by atoms with van der Waals surface area (Å²) in [6, 6.07) is 0. The van der Waals surface area contributed by atoms with Crippen LogP contribution in [-0.2, 0) is 9.47 Å². The molecule has 0 spiro atoms. The number of rotatable bonds is 0. The topological polar surface area (TPSA) is 99.4 Å². The van der Waals surface area contributed by atoms with Gasteiger partial charge in [-0.05, 0) is 13.8 Å². The van der Waals surface area contributed by atoms with E-state index in [0.717, 1.165) is 0 Å². The maximum atomic E-state index is 9.64. The number of hydrogen-bond donors (Lipinski definition) is 4. The third kappa shape index (κ3) is 1.67. The van der Waals surface area contributed by atoms with Crippen molar-refractivity contribution in [3.63, 3.8) is 0 Å². The monoisotopic (exact) mass is 220 g/mol. The molecule has 0 amide bonds. The number of ether oxygens (including phenoxy) is 2. The Kier molecular flexibility index (Phi) is 2.53. The van der Waals surface area contributed by atoms with Gasteiger partial charge in [0.25, 0.3) is 0 Å². The number of hydrogen-bond acceptors (Lipinski definition) is 6. The molecule has 1 aliphatic heterocycles. The minimum Gasteiger partial charge on any atom is -0.387 e. The average molecular weight is 220 g/mol. The Morgan fingerprint density at radius 1 is 0.733 bits per heavy atom. The summed E-state index contributed by atoms with van der Waals surface area (Å²) in [5.41, 5.74) is 0. The van der Waals surface area contributed by atoms with E-state index in [1.807, 2.05) is 0 Å². The van der Waals surface area contributed by atoms with Gasteiger partial charge in [0.05, 0.1) is 0 Å². The first-order valence-corrected chi connectivity index (χ1v) is 4.91. The van der Waals surface area contributed by atoms with Crippen molar-refractivity contribution >= 4 is 0 Å². The van der Waals surface area contributed by atoms with Crippen molar-refractivity contribution in [2.45, 2.75) is 56.3 Å². The standard InChI is InChI=1S/C9H16O6/c1-9(2)14-7-5(12)3(10)4(11)6(13)8(7)15-9/h3-8,10-13H,1-2H3/t3-,4+,5-,6-,7+,8-/m0/s1. The molecule has 4 N–H and O–H groups in total. The van der Waals surface area contributed by atoms with Crippen LogP contribution in [0.4, 0.5) is 0 Å². The zero-order valence-electron chi connectivity index (χ0n) is 8.57. The second-order valence-corrected chi connectivity index (χ2v) is 4.53. The van der Waals surface area contributed by atoms with E-state index in [9.17, 15) is 20.4 Å². The van der Waals surface area contributed by atoms with Crippen LogP contribution in [0.15, 0.2) is 0 Å². The van der Waals surface area contributed by atoms with Gasteiger partial charge in [-0.2, -0.15) is 0 Å². The van der Waals surface area contributed by atoms with Crippen LogP contribution in [0, 0.1) is 0 Å². The summed E-state index contributed by atoms with van der Waals surface area (Å²) in [5, 5.41) is 38.2. The van der Waals surface area contributed by atoms with E-state index in [2.05, 4.69) is 0 Å². The first-order chi connectivity index (χ1) is 6.83. The van der Waals surface area contributed by atoms with Gasteiger partial charge in [0.1, 0.15) is 36.6 Å². The molecule has 0 aromatic carbocycles. The highest BCUT2D eigenvalue weighted by atomic mass is 16.8. The van der Waals surface area contributed by atoms with Crippen LogP contribution in [0.1, 0.15) is 13.8 Å². The van der Waals surface area contributed by atoms with Crippen molar-refractivity contribution in [3.8, 4) is 0 Å². The van der Waals surface area contributed by atoms with Gasteiger partial charge in [0, 0.05) is 0 Å². The Morgan fingerprint density at radius 3 is 1.40 bits per heavy atom. The van der Waals surface area contributed by atoms with Crippen molar-refractivity contribution < 1.29 is 29.9 Å². The fourth-order valence-corrected chi connectivity index (χ4v) is 2.14. The predicted molar refractivity (Wildman–Crippen MR) is 47.9 cm³/mol. The largest absolute Gasteiger partial charge is 0.387 e. The Labute approximate surface area is 87.1 Å². The summed E-state index contributed by atoms with van der Waals surface area (Å²) >= 11 is 0. The van der Waals surface area contributed by atoms with Crippen LogP contribution >= 0.6 is 0 Å². The molecule has 6 nitrogen and oxygen atoms in total. The molecule has 1 heterocycles. The first kappa shape index (κ1) is 11.3. The highest BCUT2D eigenvalue weighted by molar-refractivity contribution is 5.03. The summed E-state index contributed by atoms with van der Waals surface area (Å²) in [5.74, 6) is -0.929. The summed E-state index contributed by atoms with van der Waals surface area (Å²) in [4.78, 5) is 0. The molecule has 6 heteroatoms. The molecule has 2 aliphatic rings. The Morgan fingerprint density at radius 2 is 1.07 bits per heavy atom. The minimum absolute atomic E-state index is 0.812. The number of fused-ring (bicyclic) bond motifs is 1. The predicted octanol–water partition coefficient (Wildman–Crippen LogP) is -2.04.